The minimum absolute atomic E-state index is 0.516. The zero-order valence-electron chi connectivity index (χ0n) is 6.52. The number of carboxylic acid groups (broad SMARTS) is 2. The highest BCUT2D eigenvalue weighted by Crippen LogP contribution is 2.12. The van der Waals surface area contributed by atoms with Crippen molar-refractivity contribution >= 4 is 11.9 Å². The maximum Gasteiger partial charge on any atom is 0.351 e. The average Bonchev–Trinajstić information content (AvgIpc) is 1.85. The predicted molar refractivity (Wildman–Crippen MR) is 38.2 cm³/mol. The zero-order valence-corrected chi connectivity index (χ0v) is 6.52. The van der Waals surface area contributed by atoms with Crippen molar-refractivity contribution in [3.63, 3.8) is 0 Å². The van der Waals surface area contributed by atoms with E-state index in [4.69, 9.17) is 21.1 Å². The number of nitrogens with two attached hydrogens (primary N) is 1. The summed E-state index contributed by atoms with van der Waals surface area (Å²) in [5.74, 6) is -3.81. The van der Waals surface area contributed by atoms with Crippen LogP contribution in [0.25, 0.3) is 0 Å². The maximum atomic E-state index is 10.2. The molecule has 0 radical (unpaired) electrons. The van der Waals surface area contributed by atoms with Gasteiger partial charge in [0.2, 0.25) is 5.72 Å². The molecule has 0 heterocycles. The molecule has 0 aromatic carbocycles. The highest BCUT2D eigenvalue weighted by molar-refractivity contribution is 5.78. The van der Waals surface area contributed by atoms with E-state index >= 15 is 0 Å². The largest absolute Gasteiger partial charge is 0.481 e. The summed E-state index contributed by atoms with van der Waals surface area (Å²) in [5, 5.41) is 25.6. The van der Waals surface area contributed by atoms with E-state index < -0.39 is 30.0 Å². The van der Waals surface area contributed by atoms with Crippen molar-refractivity contribution in [1.82, 2.24) is 0 Å². The van der Waals surface area contributed by atoms with E-state index in [9.17, 15) is 9.59 Å². The molecule has 12 heavy (non-hydrogen) atoms. The molecule has 0 aliphatic carbocycles. The molecular formula is C6H11NO5. The standard InChI is InChI=1S/C6H11NO5/c1-3(4(8)9)2-6(7,12)5(10)11/h3,12H,2,7H2,1H3,(H,8,9)(H,10,11)/t3?,6-/m1/s1. The second kappa shape index (κ2) is 3.51. The molecule has 2 atom stereocenters. The van der Waals surface area contributed by atoms with E-state index in [0.29, 0.717) is 0 Å². The number of rotatable bonds is 4. The number of aliphatic carboxylic acids is 2. The molecule has 0 amide bonds. The minimum atomic E-state index is -2.46. The van der Waals surface area contributed by atoms with Crippen LogP contribution in [0, 0.1) is 5.92 Å². The fourth-order valence-corrected chi connectivity index (χ4v) is 0.641. The molecule has 70 valence electrons. The van der Waals surface area contributed by atoms with E-state index in [2.05, 4.69) is 0 Å². The first kappa shape index (κ1) is 10.9. The highest BCUT2D eigenvalue weighted by Gasteiger charge is 2.34. The minimum Gasteiger partial charge on any atom is -0.481 e. The zero-order chi connectivity index (χ0) is 9.94. The van der Waals surface area contributed by atoms with Crippen molar-refractivity contribution in [1.29, 1.82) is 0 Å². The fourth-order valence-electron chi connectivity index (χ4n) is 0.641. The third-order valence-electron chi connectivity index (χ3n) is 1.41. The van der Waals surface area contributed by atoms with Gasteiger partial charge in [-0.05, 0) is 0 Å². The van der Waals surface area contributed by atoms with Crippen molar-refractivity contribution < 1.29 is 24.9 Å². The van der Waals surface area contributed by atoms with Crippen LogP contribution in [0.5, 0.6) is 0 Å². The van der Waals surface area contributed by atoms with Crippen LogP contribution < -0.4 is 5.73 Å². The van der Waals surface area contributed by atoms with Crippen LogP contribution in [-0.4, -0.2) is 33.0 Å². The smallest absolute Gasteiger partial charge is 0.351 e. The van der Waals surface area contributed by atoms with Gasteiger partial charge in [0.15, 0.2) is 0 Å². The van der Waals surface area contributed by atoms with E-state index in [1.807, 2.05) is 0 Å². The lowest BCUT2D eigenvalue weighted by Crippen LogP contribution is -2.49. The lowest BCUT2D eigenvalue weighted by molar-refractivity contribution is -0.161. The summed E-state index contributed by atoms with van der Waals surface area (Å²) in [6, 6.07) is 0. The SMILES string of the molecule is CC(C[C@@](N)(O)C(=O)O)C(=O)O. The van der Waals surface area contributed by atoms with Crippen molar-refractivity contribution in [3.8, 4) is 0 Å². The normalized spacial score (nSPS) is 17.9. The number of hydrogen-bond donors (Lipinski definition) is 4. The Morgan fingerprint density at radius 1 is 1.50 bits per heavy atom. The first-order valence-corrected chi connectivity index (χ1v) is 3.25. The quantitative estimate of drug-likeness (QED) is 0.401. The molecule has 0 fully saturated rings. The molecule has 5 N–H and O–H groups in total. The van der Waals surface area contributed by atoms with Gasteiger partial charge in [-0.1, -0.05) is 6.92 Å². The van der Waals surface area contributed by atoms with Gasteiger partial charge in [0.05, 0.1) is 5.92 Å². The van der Waals surface area contributed by atoms with Crippen LogP contribution >= 0.6 is 0 Å². The Morgan fingerprint density at radius 3 is 2.17 bits per heavy atom. The molecule has 0 aliphatic rings. The Hall–Kier alpha value is -1.14. The Labute approximate surface area is 68.6 Å². The molecule has 0 aromatic heterocycles. The van der Waals surface area contributed by atoms with Crippen LogP contribution in [0.15, 0.2) is 0 Å². The second-order valence-electron chi connectivity index (χ2n) is 2.67. The van der Waals surface area contributed by atoms with Gasteiger partial charge in [0.25, 0.3) is 0 Å². The maximum absolute atomic E-state index is 10.2. The van der Waals surface area contributed by atoms with E-state index in [0.717, 1.165) is 0 Å². The summed E-state index contributed by atoms with van der Waals surface area (Å²) in [4.78, 5) is 20.5. The van der Waals surface area contributed by atoms with Gasteiger partial charge < -0.3 is 15.3 Å². The highest BCUT2D eigenvalue weighted by atomic mass is 16.4. The van der Waals surface area contributed by atoms with Gasteiger partial charge in [-0.2, -0.15) is 0 Å². The van der Waals surface area contributed by atoms with Crippen LogP contribution in [0.1, 0.15) is 13.3 Å². The van der Waals surface area contributed by atoms with E-state index in [1.54, 1.807) is 0 Å². The van der Waals surface area contributed by atoms with Crippen LogP contribution in [0.2, 0.25) is 0 Å². The molecule has 0 saturated heterocycles. The van der Waals surface area contributed by atoms with Crippen molar-refractivity contribution in [2.45, 2.75) is 19.1 Å². The molecule has 0 spiro atoms. The predicted octanol–water partition coefficient (Wildman–Crippen LogP) is -1.17. The summed E-state index contributed by atoms with van der Waals surface area (Å²) in [6.07, 6.45) is -0.516. The number of carboxylic acids is 2. The summed E-state index contributed by atoms with van der Waals surface area (Å²) >= 11 is 0. The molecule has 1 unspecified atom stereocenters. The molecule has 0 aliphatic heterocycles. The molecule has 6 nitrogen and oxygen atoms in total. The Bertz CT molecular complexity index is 200. The molecular weight excluding hydrogens is 166 g/mol. The fraction of sp³-hybridized carbons (Fsp3) is 0.667. The van der Waals surface area contributed by atoms with Crippen molar-refractivity contribution in [3.05, 3.63) is 0 Å². The Balaban J connectivity index is 4.24. The number of hydrogen-bond acceptors (Lipinski definition) is 4. The molecule has 0 aromatic rings. The number of aliphatic hydroxyl groups is 1. The molecule has 0 saturated carbocycles. The number of carbonyl (C=O) groups is 2. The lowest BCUT2D eigenvalue weighted by Gasteiger charge is -2.19. The van der Waals surface area contributed by atoms with Crippen LogP contribution in [-0.2, 0) is 9.59 Å². The topological polar surface area (TPSA) is 121 Å². The van der Waals surface area contributed by atoms with Gasteiger partial charge in [0.1, 0.15) is 0 Å². The molecule has 6 heteroatoms. The lowest BCUT2D eigenvalue weighted by atomic mass is 10.00. The molecule has 0 bridgehead atoms. The van der Waals surface area contributed by atoms with Gasteiger partial charge >= 0.3 is 11.9 Å². The summed E-state index contributed by atoms with van der Waals surface area (Å²) in [5.41, 5.74) is 2.43. The van der Waals surface area contributed by atoms with Crippen molar-refractivity contribution in [2.24, 2.45) is 11.7 Å². The van der Waals surface area contributed by atoms with E-state index in [-0.39, 0.29) is 0 Å². The van der Waals surface area contributed by atoms with Gasteiger partial charge in [0, 0.05) is 6.42 Å². The first-order valence-electron chi connectivity index (χ1n) is 3.25. The first-order chi connectivity index (χ1) is 5.27. The Kier molecular flexibility index (Phi) is 3.17. The third-order valence-corrected chi connectivity index (χ3v) is 1.41. The third kappa shape index (κ3) is 2.85. The summed E-state index contributed by atoms with van der Waals surface area (Å²) in [7, 11) is 0. The van der Waals surface area contributed by atoms with Gasteiger partial charge in [-0.15, -0.1) is 0 Å². The monoisotopic (exact) mass is 177 g/mol. The van der Waals surface area contributed by atoms with Crippen LogP contribution in [0.3, 0.4) is 0 Å². The Morgan fingerprint density at radius 2 is 1.92 bits per heavy atom. The van der Waals surface area contributed by atoms with Gasteiger partial charge in [-0.3, -0.25) is 10.5 Å². The second-order valence-corrected chi connectivity index (χ2v) is 2.67. The van der Waals surface area contributed by atoms with Crippen molar-refractivity contribution in [2.75, 3.05) is 0 Å². The van der Waals surface area contributed by atoms with Crippen LogP contribution in [0.4, 0.5) is 0 Å². The van der Waals surface area contributed by atoms with Gasteiger partial charge in [-0.25, -0.2) is 4.79 Å². The average molecular weight is 177 g/mol. The summed E-state index contributed by atoms with van der Waals surface area (Å²) < 4.78 is 0. The summed E-state index contributed by atoms with van der Waals surface area (Å²) in [6.45, 7) is 1.27. The molecule has 0 rings (SSSR count). The van der Waals surface area contributed by atoms with E-state index in [1.165, 1.54) is 6.92 Å².